The molecular formula is C22H25NO5. The van der Waals surface area contributed by atoms with Gasteiger partial charge in [0.2, 0.25) is 6.10 Å². The number of benzene rings is 2. The molecule has 0 N–H and O–H groups in total. The maximum atomic E-state index is 13.0. The lowest BCUT2D eigenvalue weighted by molar-refractivity contribution is -0.180. The number of methoxy groups -OCH3 is 2. The molecule has 0 saturated carbocycles. The number of carbonyl (C=O) groups is 2. The number of rotatable bonds is 7. The van der Waals surface area contributed by atoms with E-state index in [-0.39, 0.29) is 11.8 Å². The Bertz CT molecular complexity index is 819. The van der Waals surface area contributed by atoms with Gasteiger partial charge in [-0.1, -0.05) is 44.2 Å². The van der Waals surface area contributed by atoms with E-state index in [0.29, 0.717) is 5.75 Å². The average molecular weight is 383 g/mol. The van der Waals surface area contributed by atoms with Gasteiger partial charge in [0.15, 0.2) is 0 Å². The van der Waals surface area contributed by atoms with E-state index in [1.807, 2.05) is 56.3 Å². The number of likely N-dealkylation sites (tertiary alicyclic amines) is 1. The number of hydrogen-bond acceptors (Lipinski definition) is 5. The van der Waals surface area contributed by atoms with E-state index in [0.717, 1.165) is 11.3 Å². The summed E-state index contributed by atoms with van der Waals surface area (Å²) in [5.74, 6) is 0.566. The van der Waals surface area contributed by atoms with Gasteiger partial charge in [0.25, 0.3) is 5.91 Å². The first-order valence-corrected chi connectivity index (χ1v) is 9.23. The molecule has 2 aromatic carbocycles. The molecule has 6 heteroatoms. The van der Waals surface area contributed by atoms with Crippen LogP contribution in [-0.4, -0.2) is 43.1 Å². The van der Waals surface area contributed by atoms with Crippen LogP contribution in [0.4, 0.5) is 0 Å². The zero-order chi connectivity index (χ0) is 20.3. The molecule has 148 valence electrons. The summed E-state index contributed by atoms with van der Waals surface area (Å²) < 4.78 is 16.2. The molecule has 0 aromatic heterocycles. The van der Waals surface area contributed by atoms with Crippen LogP contribution in [0.2, 0.25) is 0 Å². The minimum Gasteiger partial charge on any atom is -0.497 e. The third-order valence-electron chi connectivity index (χ3n) is 4.92. The number of ether oxygens (including phenoxy) is 3. The van der Waals surface area contributed by atoms with Crippen LogP contribution < -0.4 is 9.47 Å². The Balaban J connectivity index is 1.96. The summed E-state index contributed by atoms with van der Waals surface area (Å²) in [4.78, 5) is 27.0. The van der Waals surface area contributed by atoms with E-state index in [9.17, 15) is 9.59 Å². The Labute approximate surface area is 165 Å². The fourth-order valence-corrected chi connectivity index (χ4v) is 3.52. The molecule has 3 rings (SSSR count). The lowest BCUT2D eigenvalue weighted by Crippen LogP contribution is -2.67. The molecule has 1 saturated heterocycles. The Morgan fingerprint density at radius 1 is 0.964 bits per heavy atom. The summed E-state index contributed by atoms with van der Waals surface area (Å²) in [7, 11) is 2.93. The molecule has 6 nitrogen and oxygen atoms in total. The first kappa shape index (κ1) is 19.7. The predicted octanol–water partition coefficient (Wildman–Crippen LogP) is 3.22. The van der Waals surface area contributed by atoms with Crippen LogP contribution in [0, 0.1) is 5.92 Å². The van der Waals surface area contributed by atoms with E-state index in [2.05, 4.69) is 0 Å². The fourth-order valence-electron chi connectivity index (χ4n) is 3.52. The van der Waals surface area contributed by atoms with Crippen LogP contribution >= 0.6 is 0 Å². The second-order valence-corrected chi connectivity index (χ2v) is 7.03. The van der Waals surface area contributed by atoms with E-state index in [1.165, 1.54) is 7.11 Å². The number of nitrogens with zero attached hydrogens (tertiary/aromatic N) is 1. The van der Waals surface area contributed by atoms with Crippen molar-refractivity contribution in [3.8, 4) is 11.5 Å². The Hall–Kier alpha value is -3.02. The molecule has 1 amide bonds. The van der Waals surface area contributed by atoms with Crippen molar-refractivity contribution in [1.29, 1.82) is 0 Å². The van der Waals surface area contributed by atoms with Gasteiger partial charge < -0.3 is 19.1 Å². The molecule has 1 aliphatic rings. The van der Waals surface area contributed by atoms with Crippen molar-refractivity contribution in [3.05, 3.63) is 60.2 Å². The van der Waals surface area contributed by atoms with Crippen LogP contribution in [-0.2, 0) is 14.3 Å². The maximum absolute atomic E-state index is 13.0. The molecule has 0 radical (unpaired) electrons. The molecule has 28 heavy (non-hydrogen) atoms. The lowest BCUT2D eigenvalue weighted by Gasteiger charge is -2.50. The van der Waals surface area contributed by atoms with Gasteiger partial charge in [-0.05, 0) is 35.7 Å². The number of esters is 1. The second kappa shape index (κ2) is 8.33. The Morgan fingerprint density at radius 3 is 2.14 bits per heavy atom. The SMILES string of the molecule is COC(=O)[C@H](C(C)C)N1C(=O)[C@H](Oc2ccccc2)[C@H]1c1ccc(OC)cc1. The Kier molecular flexibility index (Phi) is 5.87. The fraction of sp³-hybridized carbons (Fsp3) is 0.364. The third-order valence-corrected chi connectivity index (χ3v) is 4.92. The number of hydrogen-bond donors (Lipinski definition) is 0. The van der Waals surface area contributed by atoms with Crippen LogP contribution in [0.25, 0.3) is 0 Å². The minimum absolute atomic E-state index is 0.102. The van der Waals surface area contributed by atoms with Gasteiger partial charge in [0, 0.05) is 0 Å². The summed E-state index contributed by atoms with van der Waals surface area (Å²) in [6, 6.07) is 15.6. The smallest absolute Gasteiger partial charge is 0.328 e. The van der Waals surface area contributed by atoms with Crippen LogP contribution in [0.5, 0.6) is 11.5 Å². The van der Waals surface area contributed by atoms with Gasteiger partial charge in [-0.15, -0.1) is 0 Å². The van der Waals surface area contributed by atoms with Crippen molar-refractivity contribution in [1.82, 2.24) is 4.90 Å². The van der Waals surface area contributed by atoms with Crippen molar-refractivity contribution >= 4 is 11.9 Å². The van der Waals surface area contributed by atoms with Crippen LogP contribution in [0.1, 0.15) is 25.5 Å². The number of carbonyl (C=O) groups excluding carboxylic acids is 2. The quantitative estimate of drug-likeness (QED) is 0.543. The zero-order valence-electron chi connectivity index (χ0n) is 16.5. The Morgan fingerprint density at radius 2 is 1.61 bits per heavy atom. The topological polar surface area (TPSA) is 65.1 Å². The van der Waals surface area contributed by atoms with Crippen LogP contribution in [0.15, 0.2) is 54.6 Å². The number of β-lactam (4-membered cyclic amide) rings is 1. The molecule has 1 aliphatic heterocycles. The zero-order valence-corrected chi connectivity index (χ0v) is 16.5. The summed E-state index contributed by atoms with van der Waals surface area (Å²) >= 11 is 0. The molecule has 0 spiro atoms. The number of para-hydroxylation sites is 1. The summed E-state index contributed by atoms with van der Waals surface area (Å²) in [6.07, 6.45) is -0.707. The molecule has 1 heterocycles. The molecule has 0 bridgehead atoms. The highest BCUT2D eigenvalue weighted by atomic mass is 16.5. The summed E-state index contributed by atoms with van der Waals surface area (Å²) in [5.41, 5.74) is 0.871. The first-order valence-electron chi connectivity index (χ1n) is 9.23. The average Bonchev–Trinajstić information content (AvgIpc) is 2.72. The minimum atomic E-state index is -0.707. The maximum Gasteiger partial charge on any atom is 0.328 e. The van der Waals surface area contributed by atoms with Crippen molar-refractivity contribution in [2.75, 3.05) is 14.2 Å². The van der Waals surface area contributed by atoms with E-state index < -0.39 is 24.2 Å². The van der Waals surface area contributed by atoms with Crippen molar-refractivity contribution < 1.29 is 23.8 Å². The lowest BCUT2D eigenvalue weighted by atomic mass is 9.85. The summed E-state index contributed by atoms with van der Waals surface area (Å²) in [6.45, 7) is 3.79. The van der Waals surface area contributed by atoms with Gasteiger partial charge in [0.05, 0.1) is 14.2 Å². The van der Waals surface area contributed by atoms with Gasteiger partial charge >= 0.3 is 5.97 Å². The number of amides is 1. The molecule has 1 fully saturated rings. The van der Waals surface area contributed by atoms with Crippen molar-refractivity contribution in [3.63, 3.8) is 0 Å². The van der Waals surface area contributed by atoms with Crippen molar-refractivity contribution in [2.24, 2.45) is 5.92 Å². The highest BCUT2D eigenvalue weighted by molar-refractivity contribution is 5.93. The first-order chi connectivity index (χ1) is 13.5. The largest absolute Gasteiger partial charge is 0.497 e. The van der Waals surface area contributed by atoms with Gasteiger partial charge in [-0.2, -0.15) is 0 Å². The van der Waals surface area contributed by atoms with Crippen LogP contribution in [0.3, 0.4) is 0 Å². The van der Waals surface area contributed by atoms with E-state index >= 15 is 0 Å². The third kappa shape index (κ3) is 3.67. The van der Waals surface area contributed by atoms with E-state index in [4.69, 9.17) is 14.2 Å². The molecule has 0 unspecified atom stereocenters. The van der Waals surface area contributed by atoms with Gasteiger partial charge in [-0.25, -0.2) is 4.79 Å². The highest BCUT2D eigenvalue weighted by Gasteiger charge is 2.55. The monoisotopic (exact) mass is 383 g/mol. The molecule has 0 aliphatic carbocycles. The van der Waals surface area contributed by atoms with E-state index in [1.54, 1.807) is 24.1 Å². The molecular weight excluding hydrogens is 358 g/mol. The molecule has 2 aromatic rings. The molecule has 3 atom stereocenters. The summed E-state index contributed by atoms with van der Waals surface area (Å²) in [5, 5.41) is 0. The van der Waals surface area contributed by atoms with Crippen molar-refractivity contribution in [2.45, 2.75) is 32.0 Å². The second-order valence-electron chi connectivity index (χ2n) is 7.03. The van der Waals surface area contributed by atoms with Gasteiger partial charge in [-0.3, -0.25) is 4.79 Å². The van der Waals surface area contributed by atoms with Gasteiger partial charge in [0.1, 0.15) is 23.6 Å². The predicted molar refractivity (Wildman–Crippen MR) is 104 cm³/mol. The standard InChI is InChI=1S/C22H25NO5/c1-14(2)18(22(25)27-4)23-19(15-10-12-16(26-3)13-11-15)20(21(23)24)28-17-8-6-5-7-9-17/h5-14,18-20H,1-4H3/t18-,19+,20+/m0/s1. The normalized spacial score (nSPS) is 19.8. The highest BCUT2D eigenvalue weighted by Crippen LogP contribution is 2.41.